The largest absolute Gasteiger partial charge is 0.327 e. The van der Waals surface area contributed by atoms with Crippen LogP contribution in [0.5, 0.6) is 0 Å². The van der Waals surface area contributed by atoms with Gasteiger partial charge < -0.3 is 5.73 Å². The first-order chi connectivity index (χ1) is 8.31. The first-order valence-electron chi connectivity index (χ1n) is 7.17. The number of hydrogen-bond donors (Lipinski definition) is 1. The van der Waals surface area contributed by atoms with Crippen molar-refractivity contribution in [1.82, 2.24) is 0 Å². The van der Waals surface area contributed by atoms with Crippen LogP contribution in [0.3, 0.4) is 0 Å². The summed E-state index contributed by atoms with van der Waals surface area (Å²) in [5, 5.41) is 0. The second kappa shape index (κ2) is 4.81. The zero-order valence-electron chi connectivity index (χ0n) is 10.6. The maximum absolute atomic E-state index is 6.26. The van der Waals surface area contributed by atoms with E-state index in [0.717, 1.165) is 12.3 Å². The highest BCUT2D eigenvalue weighted by Gasteiger charge is 2.20. The number of benzene rings is 1. The highest BCUT2D eigenvalue weighted by molar-refractivity contribution is 5.35. The zero-order chi connectivity index (χ0) is 11.7. The minimum absolute atomic E-state index is 0.375. The van der Waals surface area contributed by atoms with Gasteiger partial charge in [-0.25, -0.2) is 0 Å². The van der Waals surface area contributed by atoms with Crippen LogP contribution in [0.4, 0.5) is 0 Å². The first-order valence-corrected chi connectivity index (χ1v) is 7.17. The fourth-order valence-electron chi connectivity index (χ4n) is 3.29. The van der Waals surface area contributed by atoms with Crippen LogP contribution in [0.1, 0.15) is 48.8 Å². The lowest BCUT2D eigenvalue weighted by Crippen LogP contribution is -2.28. The SMILES string of the molecule is NC(Cc1ccc2c(c1)CCC2)CC1CCC1. The van der Waals surface area contributed by atoms with E-state index in [4.69, 9.17) is 5.73 Å². The lowest BCUT2D eigenvalue weighted by Gasteiger charge is -2.28. The van der Waals surface area contributed by atoms with Crippen LogP contribution in [-0.2, 0) is 19.3 Å². The summed E-state index contributed by atoms with van der Waals surface area (Å²) in [5.74, 6) is 0.930. The monoisotopic (exact) mass is 229 g/mol. The second-order valence-corrected chi connectivity index (χ2v) is 5.95. The van der Waals surface area contributed by atoms with Gasteiger partial charge in [-0.05, 0) is 54.7 Å². The summed E-state index contributed by atoms with van der Waals surface area (Å²) in [5.41, 5.74) is 10.9. The Kier molecular flexibility index (Phi) is 3.19. The summed E-state index contributed by atoms with van der Waals surface area (Å²) in [6.45, 7) is 0. The van der Waals surface area contributed by atoms with E-state index >= 15 is 0 Å². The van der Waals surface area contributed by atoms with Gasteiger partial charge in [0.2, 0.25) is 0 Å². The summed E-state index contributed by atoms with van der Waals surface area (Å²) >= 11 is 0. The lowest BCUT2D eigenvalue weighted by molar-refractivity contribution is 0.275. The van der Waals surface area contributed by atoms with Gasteiger partial charge in [0.15, 0.2) is 0 Å². The number of fused-ring (bicyclic) bond motifs is 1. The molecule has 2 aliphatic rings. The van der Waals surface area contributed by atoms with E-state index in [2.05, 4.69) is 18.2 Å². The van der Waals surface area contributed by atoms with Crippen molar-refractivity contribution in [2.75, 3.05) is 0 Å². The molecule has 1 aromatic rings. The number of nitrogens with two attached hydrogens (primary N) is 1. The maximum Gasteiger partial charge on any atom is 0.00819 e. The molecule has 0 saturated heterocycles. The molecule has 0 bridgehead atoms. The van der Waals surface area contributed by atoms with E-state index in [1.807, 2.05) is 0 Å². The Hall–Kier alpha value is -0.820. The normalized spacial score (nSPS) is 21.0. The number of hydrogen-bond acceptors (Lipinski definition) is 1. The molecule has 1 aromatic carbocycles. The Morgan fingerprint density at radius 3 is 2.71 bits per heavy atom. The third-order valence-electron chi connectivity index (χ3n) is 4.52. The van der Waals surface area contributed by atoms with Gasteiger partial charge in [0, 0.05) is 6.04 Å². The van der Waals surface area contributed by atoms with Crippen molar-refractivity contribution < 1.29 is 0 Å². The van der Waals surface area contributed by atoms with Crippen LogP contribution in [0.25, 0.3) is 0 Å². The van der Waals surface area contributed by atoms with Crippen molar-refractivity contribution in [2.24, 2.45) is 11.7 Å². The zero-order valence-corrected chi connectivity index (χ0v) is 10.6. The van der Waals surface area contributed by atoms with Crippen molar-refractivity contribution in [3.8, 4) is 0 Å². The summed E-state index contributed by atoms with van der Waals surface area (Å²) in [7, 11) is 0. The minimum Gasteiger partial charge on any atom is -0.327 e. The molecule has 17 heavy (non-hydrogen) atoms. The highest BCUT2D eigenvalue weighted by Crippen LogP contribution is 2.31. The molecule has 0 aliphatic heterocycles. The van der Waals surface area contributed by atoms with Crippen LogP contribution in [0, 0.1) is 5.92 Å². The maximum atomic E-state index is 6.26. The molecule has 0 aromatic heterocycles. The summed E-state index contributed by atoms with van der Waals surface area (Å²) in [4.78, 5) is 0. The van der Waals surface area contributed by atoms with Gasteiger partial charge in [-0.3, -0.25) is 0 Å². The molecule has 0 radical (unpaired) electrons. The van der Waals surface area contributed by atoms with Crippen LogP contribution >= 0.6 is 0 Å². The molecule has 92 valence electrons. The minimum atomic E-state index is 0.375. The van der Waals surface area contributed by atoms with Gasteiger partial charge in [0.25, 0.3) is 0 Å². The van der Waals surface area contributed by atoms with Crippen molar-refractivity contribution >= 4 is 0 Å². The summed E-state index contributed by atoms with van der Waals surface area (Å²) < 4.78 is 0. The molecule has 1 nitrogen and oxygen atoms in total. The molecule has 0 amide bonds. The van der Waals surface area contributed by atoms with Gasteiger partial charge in [0.1, 0.15) is 0 Å². The van der Waals surface area contributed by atoms with Crippen LogP contribution in [-0.4, -0.2) is 6.04 Å². The van der Waals surface area contributed by atoms with Gasteiger partial charge in [-0.2, -0.15) is 0 Å². The average Bonchev–Trinajstić information content (AvgIpc) is 2.71. The smallest absolute Gasteiger partial charge is 0.00819 e. The molecular formula is C16H23N. The van der Waals surface area contributed by atoms with Crippen LogP contribution in [0.15, 0.2) is 18.2 Å². The number of aryl methyl sites for hydroxylation is 2. The topological polar surface area (TPSA) is 26.0 Å². The second-order valence-electron chi connectivity index (χ2n) is 5.95. The van der Waals surface area contributed by atoms with Crippen LogP contribution < -0.4 is 5.73 Å². The fourth-order valence-corrected chi connectivity index (χ4v) is 3.29. The summed E-state index contributed by atoms with van der Waals surface area (Å²) in [6.07, 6.45) is 10.5. The molecule has 1 fully saturated rings. The van der Waals surface area contributed by atoms with Crippen molar-refractivity contribution in [3.05, 3.63) is 34.9 Å². The molecule has 1 atom stereocenters. The fraction of sp³-hybridized carbons (Fsp3) is 0.625. The Bertz CT molecular complexity index is 393. The quantitative estimate of drug-likeness (QED) is 0.842. The predicted molar refractivity (Wildman–Crippen MR) is 72.1 cm³/mol. The van der Waals surface area contributed by atoms with Gasteiger partial charge in [0.05, 0.1) is 0 Å². The molecule has 3 rings (SSSR count). The third kappa shape index (κ3) is 2.55. The van der Waals surface area contributed by atoms with E-state index in [-0.39, 0.29) is 0 Å². The van der Waals surface area contributed by atoms with E-state index in [9.17, 15) is 0 Å². The standard InChI is InChI=1S/C16H23N/c17-16(10-12-3-1-4-12)11-13-7-8-14-5-2-6-15(14)9-13/h7-9,12,16H,1-6,10-11,17H2. The van der Waals surface area contributed by atoms with Crippen molar-refractivity contribution in [1.29, 1.82) is 0 Å². The molecule has 1 heteroatoms. The summed E-state index contributed by atoms with van der Waals surface area (Å²) in [6, 6.07) is 7.40. The van der Waals surface area contributed by atoms with Crippen molar-refractivity contribution in [2.45, 2.75) is 57.4 Å². The molecule has 2 aliphatic carbocycles. The van der Waals surface area contributed by atoms with Crippen LogP contribution in [0.2, 0.25) is 0 Å². The third-order valence-corrected chi connectivity index (χ3v) is 4.52. The van der Waals surface area contributed by atoms with Crippen molar-refractivity contribution in [3.63, 3.8) is 0 Å². The molecule has 0 heterocycles. The first kappa shape index (κ1) is 11.3. The Morgan fingerprint density at radius 2 is 1.94 bits per heavy atom. The van der Waals surface area contributed by atoms with E-state index in [1.54, 1.807) is 11.1 Å². The Labute approximate surface area is 104 Å². The molecular weight excluding hydrogens is 206 g/mol. The van der Waals surface area contributed by atoms with E-state index in [0.29, 0.717) is 6.04 Å². The van der Waals surface area contributed by atoms with E-state index < -0.39 is 0 Å². The Morgan fingerprint density at radius 1 is 1.12 bits per heavy atom. The molecule has 1 saturated carbocycles. The van der Waals surface area contributed by atoms with Gasteiger partial charge in [-0.15, -0.1) is 0 Å². The lowest BCUT2D eigenvalue weighted by atomic mass is 9.80. The Balaban J connectivity index is 1.60. The highest BCUT2D eigenvalue weighted by atomic mass is 14.6. The molecule has 0 spiro atoms. The van der Waals surface area contributed by atoms with Gasteiger partial charge in [-0.1, -0.05) is 37.5 Å². The number of rotatable bonds is 4. The predicted octanol–water partition coefficient (Wildman–Crippen LogP) is 3.24. The average molecular weight is 229 g/mol. The van der Waals surface area contributed by atoms with E-state index in [1.165, 1.54) is 50.5 Å². The molecule has 2 N–H and O–H groups in total. The molecule has 1 unspecified atom stereocenters. The van der Waals surface area contributed by atoms with Gasteiger partial charge >= 0.3 is 0 Å².